The predicted molar refractivity (Wildman–Crippen MR) is 105 cm³/mol. The first-order valence-corrected chi connectivity index (χ1v) is 11.8. The van der Waals surface area contributed by atoms with E-state index in [0.29, 0.717) is 31.9 Å². The number of nitrogens with zero attached hydrogens (tertiary/aromatic N) is 1. The summed E-state index contributed by atoms with van der Waals surface area (Å²) in [5.41, 5.74) is 0.315. The van der Waals surface area contributed by atoms with Crippen molar-refractivity contribution in [1.82, 2.24) is 10.2 Å². The van der Waals surface area contributed by atoms with Gasteiger partial charge in [0.2, 0.25) is 25.8 Å². The van der Waals surface area contributed by atoms with Gasteiger partial charge in [0.25, 0.3) is 0 Å². The number of hydrogen-bond donors (Lipinski definition) is 2. The van der Waals surface area contributed by atoms with Crippen molar-refractivity contribution in [3.63, 3.8) is 0 Å². The normalized spacial score (nSPS) is 28.9. The van der Waals surface area contributed by atoms with Gasteiger partial charge in [-0.1, -0.05) is 11.8 Å². The van der Waals surface area contributed by atoms with E-state index in [4.69, 9.17) is 9.88 Å². The fourth-order valence-corrected chi connectivity index (χ4v) is 8.36. The van der Waals surface area contributed by atoms with Crippen LogP contribution in [-0.2, 0) is 29.4 Å². The highest BCUT2D eigenvalue weighted by Crippen LogP contribution is 2.54. The number of sulfone groups is 1. The molecule has 3 rings (SSSR count). The molecule has 27 heavy (non-hydrogen) atoms. The maximum Gasteiger partial charge on any atom is 0.249 e. The van der Waals surface area contributed by atoms with Crippen molar-refractivity contribution < 1.29 is 26.4 Å². The van der Waals surface area contributed by atoms with Crippen molar-refractivity contribution in [1.29, 1.82) is 0 Å². The topological polar surface area (TPSA) is 136 Å². The van der Waals surface area contributed by atoms with E-state index in [1.165, 1.54) is 0 Å². The van der Waals surface area contributed by atoms with Crippen LogP contribution in [0.3, 0.4) is 0 Å². The van der Waals surface area contributed by atoms with Crippen LogP contribution in [0.5, 0.6) is 0 Å². The molecule has 3 heterocycles. The number of carbonyl (C=O) groups excluding carboxylic acids is 1. The van der Waals surface area contributed by atoms with Gasteiger partial charge in [-0.3, -0.25) is 9.69 Å². The minimum atomic E-state index is -4.34. The van der Waals surface area contributed by atoms with E-state index in [1.807, 2.05) is 6.92 Å². The minimum Gasteiger partial charge on any atom is -0.379 e. The highest BCUT2D eigenvalue weighted by atomic mass is 35.5. The molecule has 0 saturated carbocycles. The van der Waals surface area contributed by atoms with Gasteiger partial charge in [-0.2, -0.15) is 0 Å². The van der Waals surface area contributed by atoms with E-state index < -0.39 is 28.8 Å². The van der Waals surface area contributed by atoms with Crippen LogP contribution in [-0.4, -0.2) is 64.9 Å². The standard InChI is InChI=1S/C14H21N3O6S3.ClH/c1-9(17-3-5-23-6-4-17)16-13(18)14(2)8-10-7-11(26(15,21)22)25(19,20)12(10)24-14;/h7,9H,3-6,8H2,1-2H3,(H,16,18)(H2,15,21,22);1H. The highest BCUT2D eigenvalue weighted by Gasteiger charge is 2.51. The number of thioether (sulfide) groups is 1. The molecule has 3 N–H and O–H groups in total. The van der Waals surface area contributed by atoms with Gasteiger partial charge in [0.1, 0.15) is 8.98 Å². The molecule has 1 fully saturated rings. The summed E-state index contributed by atoms with van der Waals surface area (Å²) in [7, 11) is -8.54. The Hall–Kier alpha value is -0.630. The Labute approximate surface area is 169 Å². The molecule has 0 bridgehead atoms. The second kappa shape index (κ2) is 7.65. The number of primary sulfonamides is 1. The third-order valence-corrected chi connectivity index (χ3v) is 10.2. The van der Waals surface area contributed by atoms with E-state index in [2.05, 4.69) is 10.2 Å². The Morgan fingerprint density at radius 1 is 1.41 bits per heavy atom. The first kappa shape index (κ1) is 22.7. The molecule has 0 spiro atoms. The van der Waals surface area contributed by atoms with Crippen molar-refractivity contribution in [3.05, 3.63) is 20.1 Å². The average Bonchev–Trinajstić information content (AvgIpc) is 3.02. The molecule has 154 valence electrons. The molecule has 0 aromatic carbocycles. The number of nitrogens with one attached hydrogen (secondary N) is 1. The smallest absolute Gasteiger partial charge is 0.249 e. The number of hydrogen-bond acceptors (Lipinski definition) is 8. The highest BCUT2D eigenvalue weighted by molar-refractivity contribution is 8.26. The van der Waals surface area contributed by atoms with Crippen LogP contribution in [0.4, 0.5) is 0 Å². The third-order valence-electron chi connectivity index (χ3n) is 4.60. The van der Waals surface area contributed by atoms with Gasteiger partial charge in [-0.15, -0.1) is 12.4 Å². The molecule has 13 heteroatoms. The van der Waals surface area contributed by atoms with Crippen LogP contribution in [0.2, 0.25) is 0 Å². The van der Waals surface area contributed by atoms with Gasteiger partial charge in [0.15, 0.2) is 4.24 Å². The van der Waals surface area contributed by atoms with Gasteiger partial charge < -0.3 is 10.1 Å². The zero-order chi connectivity index (χ0) is 19.3. The Morgan fingerprint density at radius 2 is 2.00 bits per heavy atom. The number of ether oxygens (including phenoxy) is 1. The molecular formula is C14H22ClN3O6S3. The molecule has 9 nitrogen and oxygen atoms in total. The summed E-state index contributed by atoms with van der Waals surface area (Å²) in [4.78, 5) is 14.8. The average molecular weight is 460 g/mol. The van der Waals surface area contributed by atoms with Crippen LogP contribution >= 0.6 is 24.2 Å². The SMILES string of the molecule is CC(NC(=O)C1(C)CC2=C(S1)S(=O)(=O)C(S(N)(=O)=O)=C2)N1CCOCC1.Cl. The molecule has 0 radical (unpaired) electrons. The van der Waals surface area contributed by atoms with Crippen LogP contribution in [0, 0.1) is 0 Å². The van der Waals surface area contributed by atoms with Crippen molar-refractivity contribution in [2.45, 2.75) is 31.2 Å². The number of allylic oxidation sites excluding steroid dienone is 2. The van der Waals surface area contributed by atoms with Gasteiger partial charge in [0, 0.05) is 13.1 Å². The van der Waals surface area contributed by atoms with E-state index >= 15 is 0 Å². The summed E-state index contributed by atoms with van der Waals surface area (Å²) >= 11 is 0.871. The molecule has 0 aromatic rings. The molecule has 0 aromatic heterocycles. The van der Waals surface area contributed by atoms with E-state index in [0.717, 1.165) is 17.8 Å². The van der Waals surface area contributed by atoms with Crippen molar-refractivity contribution in [2.24, 2.45) is 5.14 Å². The molecule has 2 unspecified atom stereocenters. The quantitative estimate of drug-likeness (QED) is 0.593. The third kappa shape index (κ3) is 4.21. The summed E-state index contributed by atoms with van der Waals surface area (Å²) in [5.74, 6) is -0.295. The summed E-state index contributed by atoms with van der Waals surface area (Å²) in [6.45, 7) is 6.12. The van der Waals surface area contributed by atoms with Crippen LogP contribution < -0.4 is 10.5 Å². The molecule has 3 aliphatic heterocycles. The lowest BCUT2D eigenvalue weighted by molar-refractivity contribution is -0.125. The van der Waals surface area contributed by atoms with Crippen LogP contribution in [0.15, 0.2) is 20.1 Å². The molecule has 1 saturated heterocycles. The van der Waals surface area contributed by atoms with Crippen molar-refractivity contribution >= 4 is 49.9 Å². The maximum atomic E-state index is 12.8. The van der Waals surface area contributed by atoms with E-state index in [1.54, 1.807) is 6.92 Å². The Morgan fingerprint density at radius 3 is 2.52 bits per heavy atom. The fraction of sp³-hybridized carbons (Fsp3) is 0.643. The zero-order valence-corrected chi connectivity index (χ0v) is 18.1. The lowest BCUT2D eigenvalue weighted by atomic mass is 10.0. The fourth-order valence-electron chi connectivity index (χ4n) is 3.15. The van der Waals surface area contributed by atoms with E-state index in [-0.39, 0.29) is 35.1 Å². The second-order valence-electron chi connectivity index (χ2n) is 6.63. The van der Waals surface area contributed by atoms with Gasteiger partial charge in [-0.25, -0.2) is 22.0 Å². The molecule has 2 atom stereocenters. The van der Waals surface area contributed by atoms with Gasteiger partial charge in [-0.05, 0) is 31.9 Å². The number of nitrogens with two attached hydrogens (primary N) is 1. The number of rotatable bonds is 4. The first-order chi connectivity index (χ1) is 11.9. The van der Waals surface area contributed by atoms with Crippen LogP contribution in [0.1, 0.15) is 20.3 Å². The Balaban J connectivity index is 0.00000261. The summed E-state index contributed by atoms with van der Waals surface area (Å²) in [6.07, 6.45) is 0.968. The molecule has 1 amide bonds. The first-order valence-electron chi connectivity index (χ1n) is 8.00. The molecule has 3 aliphatic rings. The zero-order valence-electron chi connectivity index (χ0n) is 14.8. The maximum absolute atomic E-state index is 12.8. The number of morpholine rings is 1. The number of carbonyl (C=O) groups is 1. The van der Waals surface area contributed by atoms with Crippen molar-refractivity contribution in [2.75, 3.05) is 26.3 Å². The molecular weight excluding hydrogens is 438 g/mol. The number of halogens is 1. The Bertz CT molecular complexity index is 908. The second-order valence-corrected chi connectivity index (χ2v) is 12.0. The van der Waals surface area contributed by atoms with E-state index in [9.17, 15) is 21.6 Å². The largest absolute Gasteiger partial charge is 0.379 e. The van der Waals surface area contributed by atoms with Crippen molar-refractivity contribution in [3.8, 4) is 0 Å². The predicted octanol–water partition coefficient (Wildman–Crippen LogP) is -0.132. The van der Waals surface area contributed by atoms with Gasteiger partial charge in [0.05, 0.1) is 19.4 Å². The summed E-state index contributed by atoms with van der Waals surface area (Å²) in [5, 5.41) is 7.90. The lowest BCUT2D eigenvalue weighted by Crippen LogP contribution is -2.54. The summed E-state index contributed by atoms with van der Waals surface area (Å²) in [6, 6.07) is 0. The lowest BCUT2D eigenvalue weighted by Gasteiger charge is -2.34. The van der Waals surface area contributed by atoms with Gasteiger partial charge >= 0.3 is 0 Å². The molecule has 0 aliphatic carbocycles. The Kier molecular flexibility index (Phi) is 6.42. The summed E-state index contributed by atoms with van der Waals surface area (Å²) < 4.78 is 51.2. The number of amides is 1. The monoisotopic (exact) mass is 459 g/mol. The number of sulfonamides is 1. The minimum absolute atomic E-state index is 0. The van der Waals surface area contributed by atoms with Crippen LogP contribution in [0.25, 0.3) is 0 Å².